The van der Waals surface area contributed by atoms with Crippen molar-refractivity contribution in [3.8, 4) is 0 Å². The molecule has 0 aliphatic rings. The van der Waals surface area contributed by atoms with E-state index in [9.17, 15) is 0 Å². The molecule has 98 valence electrons. The van der Waals surface area contributed by atoms with Crippen molar-refractivity contribution in [1.29, 1.82) is 0 Å². The lowest BCUT2D eigenvalue weighted by atomic mass is 10.1. The molecule has 0 saturated heterocycles. The lowest BCUT2D eigenvalue weighted by molar-refractivity contribution is 0.00873. The van der Waals surface area contributed by atoms with E-state index in [1.54, 1.807) is 13.2 Å². The second-order valence-corrected chi connectivity index (χ2v) is 5.96. The van der Waals surface area contributed by atoms with Gasteiger partial charge in [0.1, 0.15) is 0 Å². The van der Waals surface area contributed by atoms with Crippen LogP contribution in [0, 0.1) is 4.77 Å². The first kappa shape index (κ1) is 13.9. The van der Waals surface area contributed by atoms with Gasteiger partial charge in [-0.3, -0.25) is 0 Å². The van der Waals surface area contributed by atoms with Gasteiger partial charge in [0.15, 0.2) is 4.77 Å². The van der Waals surface area contributed by atoms with Gasteiger partial charge in [-0.1, -0.05) is 23.2 Å². The molecule has 0 bridgehead atoms. The summed E-state index contributed by atoms with van der Waals surface area (Å²) in [4.78, 5) is 3.12. The Balaban J connectivity index is 2.60. The average Bonchev–Trinajstić information content (AvgIpc) is 2.57. The lowest BCUT2D eigenvalue weighted by Crippen LogP contribution is -2.29. The first-order valence-corrected chi connectivity index (χ1v) is 6.63. The van der Waals surface area contributed by atoms with E-state index in [0.29, 0.717) is 21.4 Å². The third-order valence-corrected chi connectivity index (χ3v) is 3.95. The third-order valence-electron chi connectivity index (χ3n) is 2.91. The summed E-state index contributed by atoms with van der Waals surface area (Å²) in [7, 11) is 1.68. The number of halogens is 2. The minimum absolute atomic E-state index is 0.306. The van der Waals surface area contributed by atoms with Gasteiger partial charge >= 0.3 is 0 Å². The van der Waals surface area contributed by atoms with E-state index >= 15 is 0 Å². The molecule has 0 atom stereocenters. The van der Waals surface area contributed by atoms with Crippen LogP contribution in [-0.4, -0.2) is 22.3 Å². The zero-order valence-electron chi connectivity index (χ0n) is 10.4. The molecule has 0 radical (unpaired) electrons. The number of fused-ring (bicyclic) bond motifs is 1. The molecule has 2 aromatic rings. The molecule has 6 heteroatoms. The van der Waals surface area contributed by atoms with Gasteiger partial charge in [-0.25, -0.2) is 0 Å². The predicted molar refractivity (Wildman–Crippen MR) is 78.2 cm³/mol. The van der Waals surface area contributed by atoms with E-state index in [1.807, 2.05) is 24.5 Å². The van der Waals surface area contributed by atoms with E-state index in [2.05, 4.69) is 4.98 Å². The minimum Gasteiger partial charge on any atom is -0.377 e. The van der Waals surface area contributed by atoms with E-state index in [0.717, 1.165) is 11.0 Å². The van der Waals surface area contributed by atoms with Crippen molar-refractivity contribution < 1.29 is 4.74 Å². The van der Waals surface area contributed by atoms with Crippen molar-refractivity contribution in [3.05, 3.63) is 26.9 Å². The summed E-state index contributed by atoms with van der Waals surface area (Å²) < 4.78 is 8.03. The molecule has 1 N–H and O–H groups in total. The number of aromatic amines is 1. The fourth-order valence-corrected chi connectivity index (χ4v) is 2.35. The normalized spacial score (nSPS) is 12.3. The highest BCUT2D eigenvalue weighted by atomic mass is 35.5. The number of hydrogen-bond donors (Lipinski definition) is 1. The highest BCUT2D eigenvalue weighted by Crippen LogP contribution is 2.28. The number of methoxy groups -OCH3 is 1. The first-order valence-electron chi connectivity index (χ1n) is 5.47. The Kier molecular flexibility index (Phi) is 3.74. The van der Waals surface area contributed by atoms with Gasteiger partial charge in [0.2, 0.25) is 0 Å². The highest BCUT2D eigenvalue weighted by Gasteiger charge is 2.19. The van der Waals surface area contributed by atoms with Gasteiger partial charge in [0.05, 0.1) is 33.2 Å². The number of imidazole rings is 1. The van der Waals surface area contributed by atoms with Crippen LogP contribution in [0.1, 0.15) is 13.8 Å². The Morgan fingerprint density at radius 3 is 2.56 bits per heavy atom. The summed E-state index contributed by atoms with van der Waals surface area (Å²) in [6, 6.07) is 3.60. The lowest BCUT2D eigenvalue weighted by Gasteiger charge is -2.23. The first-order chi connectivity index (χ1) is 8.34. The zero-order valence-corrected chi connectivity index (χ0v) is 12.7. The van der Waals surface area contributed by atoms with Crippen LogP contribution in [-0.2, 0) is 11.3 Å². The van der Waals surface area contributed by atoms with Gasteiger partial charge in [-0.05, 0) is 38.2 Å². The summed E-state index contributed by atoms with van der Waals surface area (Å²) in [5.74, 6) is 0. The van der Waals surface area contributed by atoms with Crippen molar-refractivity contribution >= 4 is 46.5 Å². The van der Waals surface area contributed by atoms with E-state index in [4.69, 9.17) is 40.2 Å². The molecular formula is C12H14Cl2N2OS. The van der Waals surface area contributed by atoms with Gasteiger partial charge in [0, 0.05) is 7.11 Å². The molecule has 2 rings (SSSR count). The summed E-state index contributed by atoms with van der Waals surface area (Å²) >= 11 is 17.4. The Labute approximate surface area is 121 Å². The minimum atomic E-state index is -0.306. The fourth-order valence-electron chi connectivity index (χ4n) is 1.75. The van der Waals surface area contributed by atoms with Crippen molar-refractivity contribution in [2.45, 2.75) is 26.0 Å². The second-order valence-electron chi connectivity index (χ2n) is 4.76. The van der Waals surface area contributed by atoms with Gasteiger partial charge in [-0.2, -0.15) is 0 Å². The molecule has 1 aromatic heterocycles. The number of ether oxygens (including phenoxy) is 1. The summed E-state index contributed by atoms with van der Waals surface area (Å²) in [6.07, 6.45) is 0. The summed E-state index contributed by atoms with van der Waals surface area (Å²) in [5, 5.41) is 1.03. The Hall–Kier alpha value is -0.550. The molecule has 1 aromatic carbocycles. The molecule has 0 saturated carbocycles. The number of hydrogen-bond acceptors (Lipinski definition) is 2. The van der Waals surface area contributed by atoms with E-state index in [1.165, 1.54) is 0 Å². The molecule has 0 spiro atoms. The molecule has 18 heavy (non-hydrogen) atoms. The van der Waals surface area contributed by atoms with Gasteiger partial charge in [0.25, 0.3) is 0 Å². The quantitative estimate of drug-likeness (QED) is 0.850. The number of nitrogens with zero attached hydrogens (tertiary/aromatic N) is 1. The monoisotopic (exact) mass is 304 g/mol. The SMILES string of the molecule is COC(C)(C)Cn1c(=S)[nH]c2cc(Cl)c(Cl)cc21. The second kappa shape index (κ2) is 4.85. The Morgan fingerprint density at radius 2 is 1.94 bits per heavy atom. The maximum absolute atomic E-state index is 6.05. The van der Waals surface area contributed by atoms with Crippen LogP contribution < -0.4 is 0 Å². The topological polar surface area (TPSA) is 29.9 Å². The van der Waals surface area contributed by atoms with Crippen LogP contribution in [0.4, 0.5) is 0 Å². The van der Waals surface area contributed by atoms with E-state index < -0.39 is 0 Å². The average molecular weight is 305 g/mol. The molecule has 0 unspecified atom stereocenters. The molecule has 1 heterocycles. The Morgan fingerprint density at radius 1 is 1.33 bits per heavy atom. The van der Waals surface area contributed by atoms with Crippen LogP contribution in [0.2, 0.25) is 10.0 Å². The van der Waals surface area contributed by atoms with Crippen LogP contribution in [0.15, 0.2) is 12.1 Å². The number of nitrogens with one attached hydrogen (secondary N) is 1. The van der Waals surface area contributed by atoms with Crippen molar-refractivity contribution in [1.82, 2.24) is 9.55 Å². The molecule has 3 nitrogen and oxygen atoms in total. The van der Waals surface area contributed by atoms with Crippen molar-refractivity contribution in [3.63, 3.8) is 0 Å². The summed E-state index contributed by atoms with van der Waals surface area (Å²) in [5.41, 5.74) is 1.50. The van der Waals surface area contributed by atoms with Gasteiger partial charge < -0.3 is 14.3 Å². The highest BCUT2D eigenvalue weighted by molar-refractivity contribution is 7.71. The van der Waals surface area contributed by atoms with Crippen molar-refractivity contribution in [2.75, 3.05) is 7.11 Å². The summed E-state index contributed by atoms with van der Waals surface area (Å²) in [6.45, 7) is 4.65. The largest absolute Gasteiger partial charge is 0.377 e. The number of benzene rings is 1. The fraction of sp³-hybridized carbons (Fsp3) is 0.417. The molecule has 0 amide bonds. The molecular weight excluding hydrogens is 291 g/mol. The molecule has 0 fully saturated rings. The van der Waals surface area contributed by atoms with Crippen LogP contribution >= 0.6 is 35.4 Å². The molecule has 0 aliphatic carbocycles. The third kappa shape index (κ3) is 2.57. The van der Waals surface area contributed by atoms with Crippen LogP contribution in [0.5, 0.6) is 0 Å². The number of H-pyrrole nitrogens is 1. The van der Waals surface area contributed by atoms with Crippen LogP contribution in [0.3, 0.4) is 0 Å². The standard InChI is InChI=1S/C12H14Cl2N2OS/c1-12(2,17-3)6-16-10-5-8(14)7(13)4-9(10)15-11(16)18/h4-5H,6H2,1-3H3,(H,15,18). The van der Waals surface area contributed by atoms with Crippen molar-refractivity contribution in [2.24, 2.45) is 0 Å². The van der Waals surface area contributed by atoms with Gasteiger partial charge in [-0.15, -0.1) is 0 Å². The Bertz CT molecular complexity index is 645. The zero-order chi connectivity index (χ0) is 13.5. The van der Waals surface area contributed by atoms with E-state index in [-0.39, 0.29) is 5.60 Å². The number of rotatable bonds is 3. The smallest absolute Gasteiger partial charge is 0.178 e. The maximum Gasteiger partial charge on any atom is 0.178 e. The predicted octanol–water partition coefficient (Wildman–Crippen LogP) is 4.43. The maximum atomic E-state index is 6.05. The van der Waals surface area contributed by atoms with Crippen LogP contribution in [0.25, 0.3) is 11.0 Å². The number of aromatic nitrogens is 2. The molecule has 0 aliphatic heterocycles.